The van der Waals surface area contributed by atoms with Gasteiger partial charge in [-0.1, -0.05) is 24.3 Å². The molecule has 0 aromatic heterocycles. The molecule has 1 amide bonds. The third kappa shape index (κ3) is 3.70. The molecule has 0 N–H and O–H groups in total. The maximum Gasteiger partial charge on any atom is 0.258 e. The molecule has 3 rings (SSSR count). The van der Waals surface area contributed by atoms with Gasteiger partial charge in [-0.15, -0.1) is 0 Å². The molecule has 4 nitrogen and oxygen atoms in total. The topological polar surface area (TPSA) is 38.8 Å². The molecule has 4 heteroatoms. The fourth-order valence-electron chi connectivity index (χ4n) is 2.72. The van der Waals surface area contributed by atoms with E-state index < -0.39 is 0 Å². The molecule has 0 spiro atoms. The zero-order chi connectivity index (χ0) is 18.5. The lowest BCUT2D eigenvalue weighted by atomic mass is 10.0. The quantitative estimate of drug-likeness (QED) is 0.674. The molecule has 132 valence electrons. The maximum absolute atomic E-state index is 12.7. The van der Waals surface area contributed by atoms with E-state index in [1.54, 1.807) is 50.4 Å². The summed E-state index contributed by atoms with van der Waals surface area (Å²) in [5.74, 6) is 1.47. The Morgan fingerprint density at radius 2 is 1.35 bits per heavy atom. The van der Waals surface area contributed by atoms with E-state index in [0.29, 0.717) is 5.56 Å². The Labute approximate surface area is 153 Å². The number of carbonyl (C=O) groups is 1. The van der Waals surface area contributed by atoms with E-state index in [0.717, 1.165) is 28.3 Å². The smallest absolute Gasteiger partial charge is 0.258 e. The molecule has 0 unspecified atom stereocenters. The van der Waals surface area contributed by atoms with Gasteiger partial charge < -0.3 is 14.4 Å². The minimum atomic E-state index is -0.0699. The Hall–Kier alpha value is -3.27. The highest BCUT2D eigenvalue weighted by Gasteiger charge is 2.14. The maximum atomic E-state index is 12.7. The molecule has 0 aliphatic heterocycles. The van der Waals surface area contributed by atoms with Gasteiger partial charge in [0, 0.05) is 18.3 Å². The predicted molar refractivity (Wildman–Crippen MR) is 104 cm³/mol. The number of rotatable bonds is 5. The first-order valence-electron chi connectivity index (χ1n) is 8.29. The second-order valence-electron chi connectivity index (χ2n) is 5.87. The average Bonchev–Trinajstić information content (AvgIpc) is 2.73. The van der Waals surface area contributed by atoms with E-state index >= 15 is 0 Å². The van der Waals surface area contributed by atoms with Crippen molar-refractivity contribution in [1.29, 1.82) is 0 Å². The van der Waals surface area contributed by atoms with Crippen molar-refractivity contribution in [2.75, 3.05) is 26.2 Å². The van der Waals surface area contributed by atoms with Gasteiger partial charge in [-0.3, -0.25) is 4.79 Å². The van der Waals surface area contributed by atoms with E-state index in [1.807, 2.05) is 48.5 Å². The molecule has 0 saturated heterocycles. The van der Waals surface area contributed by atoms with Gasteiger partial charge in [0.25, 0.3) is 5.91 Å². The largest absolute Gasteiger partial charge is 0.497 e. The molecule has 0 aliphatic rings. The van der Waals surface area contributed by atoms with Crippen LogP contribution in [-0.4, -0.2) is 27.2 Å². The van der Waals surface area contributed by atoms with Gasteiger partial charge >= 0.3 is 0 Å². The van der Waals surface area contributed by atoms with Crippen molar-refractivity contribution >= 4 is 11.6 Å². The normalized spacial score (nSPS) is 10.3. The van der Waals surface area contributed by atoms with Crippen LogP contribution in [0.2, 0.25) is 0 Å². The lowest BCUT2D eigenvalue weighted by Gasteiger charge is -2.18. The van der Waals surface area contributed by atoms with Crippen LogP contribution in [0.4, 0.5) is 5.69 Å². The van der Waals surface area contributed by atoms with Gasteiger partial charge in [0.15, 0.2) is 0 Å². The second kappa shape index (κ2) is 7.74. The summed E-state index contributed by atoms with van der Waals surface area (Å²) in [7, 11) is 5.03. The molecule has 3 aromatic carbocycles. The van der Waals surface area contributed by atoms with Crippen molar-refractivity contribution in [1.82, 2.24) is 0 Å². The number of benzene rings is 3. The van der Waals surface area contributed by atoms with Crippen molar-refractivity contribution in [3.05, 3.63) is 78.4 Å². The zero-order valence-corrected chi connectivity index (χ0v) is 15.1. The summed E-state index contributed by atoms with van der Waals surface area (Å²) in [6.07, 6.45) is 0. The first kappa shape index (κ1) is 17.5. The average molecular weight is 347 g/mol. The van der Waals surface area contributed by atoms with E-state index in [1.165, 1.54) is 0 Å². The van der Waals surface area contributed by atoms with Crippen LogP contribution in [0.3, 0.4) is 0 Å². The Morgan fingerprint density at radius 1 is 0.769 bits per heavy atom. The van der Waals surface area contributed by atoms with Gasteiger partial charge in [-0.2, -0.15) is 0 Å². The fourth-order valence-corrected chi connectivity index (χ4v) is 2.72. The van der Waals surface area contributed by atoms with Gasteiger partial charge in [-0.25, -0.2) is 0 Å². The zero-order valence-electron chi connectivity index (χ0n) is 15.1. The van der Waals surface area contributed by atoms with Crippen LogP contribution in [0, 0.1) is 0 Å². The van der Waals surface area contributed by atoms with Crippen molar-refractivity contribution in [3.63, 3.8) is 0 Å². The van der Waals surface area contributed by atoms with Gasteiger partial charge in [-0.05, 0) is 59.7 Å². The van der Waals surface area contributed by atoms with Gasteiger partial charge in [0.2, 0.25) is 0 Å². The van der Waals surface area contributed by atoms with Crippen LogP contribution in [0.5, 0.6) is 11.5 Å². The van der Waals surface area contributed by atoms with E-state index in [2.05, 4.69) is 0 Å². The molecule has 0 radical (unpaired) electrons. The van der Waals surface area contributed by atoms with E-state index in [-0.39, 0.29) is 5.91 Å². The summed E-state index contributed by atoms with van der Waals surface area (Å²) in [4.78, 5) is 14.4. The molecule has 0 bridgehead atoms. The second-order valence-corrected chi connectivity index (χ2v) is 5.87. The number of ether oxygens (including phenoxy) is 2. The molecule has 26 heavy (non-hydrogen) atoms. The highest BCUT2D eigenvalue weighted by atomic mass is 16.5. The molecule has 0 atom stereocenters. The number of nitrogens with zero attached hydrogens (tertiary/aromatic N) is 1. The molecular formula is C22H21NO3. The first-order valence-corrected chi connectivity index (χ1v) is 8.29. The summed E-state index contributed by atoms with van der Waals surface area (Å²) >= 11 is 0. The lowest BCUT2D eigenvalue weighted by Crippen LogP contribution is -2.26. The minimum absolute atomic E-state index is 0.0699. The molecule has 0 saturated carbocycles. The number of carbonyl (C=O) groups excluding carboxylic acids is 1. The third-order valence-corrected chi connectivity index (χ3v) is 4.30. The Balaban J connectivity index is 1.84. The molecule has 0 fully saturated rings. The van der Waals surface area contributed by atoms with Crippen LogP contribution >= 0.6 is 0 Å². The van der Waals surface area contributed by atoms with Crippen LogP contribution < -0.4 is 14.4 Å². The third-order valence-electron chi connectivity index (χ3n) is 4.30. The van der Waals surface area contributed by atoms with Crippen molar-refractivity contribution in [3.8, 4) is 22.6 Å². The van der Waals surface area contributed by atoms with Crippen molar-refractivity contribution in [2.45, 2.75) is 0 Å². The lowest BCUT2D eigenvalue weighted by molar-refractivity contribution is 0.0993. The molecule has 3 aromatic rings. The predicted octanol–water partition coefficient (Wildman–Crippen LogP) is 4.65. The highest BCUT2D eigenvalue weighted by Crippen LogP contribution is 2.27. The summed E-state index contributed by atoms with van der Waals surface area (Å²) in [5, 5.41) is 0. The van der Waals surface area contributed by atoms with Crippen LogP contribution in [0.25, 0.3) is 11.1 Å². The van der Waals surface area contributed by atoms with Crippen molar-refractivity contribution < 1.29 is 14.3 Å². The van der Waals surface area contributed by atoms with Gasteiger partial charge in [0.05, 0.1) is 14.2 Å². The molecule has 0 aliphatic carbocycles. The Morgan fingerprint density at radius 3 is 1.92 bits per heavy atom. The number of hydrogen-bond donors (Lipinski definition) is 0. The number of methoxy groups -OCH3 is 2. The summed E-state index contributed by atoms with van der Waals surface area (Å²) < 4.78 is 10.3. The van der Waals surface area contributed by atoms with E-state index in [4.69, 9.17) is 9.47 Å². The Kier molecular flexibility index (Phi) is 5.23. The monoisotopic (exact) mass is 347 g/mol. The molecule has 0 heterocycles. The Bertz CT molecular complexity index is 886. The number of hydrogen-bond acceptors (Lipinski definition) is 3. The summed E-state index contributed by atoms with van der Waals surface area (Å²) in [5.41, 5.74) is 3.56. The van der Waals surface area contributed by atoms with Crippen LogP contribution in [0.1, 0.15) is 10.4 Å². The standard InChI is InChI=1S/C22H21NO3/c1-23(22(24)17-9-13-21(26-3)14-10-17)19-6-4-5-18(15-19)16-7-11-20(25-2)12-8-16/h4-15H,1-3H3. The number of anilines is 1. The minimum Gasteiger partial charge on any atom is -0.497 e. The fraction of sp³-hybridized carbons (Fsp3) is 0.136. The SMILES string of the molecule is COc1ccc(C(=O)N(C)c2cccc(-c3ccc(OC)cc3)c2)cc1. The molecular weight excluding hydrogens is 326 g/mol. The highest BCUT2D eigenvalue weighted by molar-refractivity contribution is 6.06. The van der Waals surface area contributed by atoms with E-state index in [9.17, 15) is 4.79 Å². The van der Waals surface area contributed by atoms with Gasteiger partial charge in [0.1, 0.15) is 11.5 Å². The summed E-state index contributed by atoms with van der Waals surface area (Å²) in [6.45, 7) is 0. The van der Waals surface area contributed by atoms with Crippen LogP contribution in [-0.2, 0) is 0 Å². The summed E-state index contributed by atoms with van der Waals surface area (Å²) in [6, 6.07) is 22.9. The van der Waals surface area contributed by atoms with Crippen LogP contribution in [0.15, 0.2) is 72.8 Å². The first-order chi connectivity index (χ1) is 12.6. The van der Waals surface area contributed by atoms with Crippen molar-refractivity contribution in [2.24, 2.45) is 0 Å². The number of amides is 1.